The number of fused-ring (bicyclic) bond motifs is 2. The Morgan fingerprint density at radius 1 is 1.16 bits per heavy atom. The summed E-state index contributed by atoms with van der Waals surface area (Å²) in [6, 6.07) is 12.0. The number of amides is 1. The van der Waals surface area contributed by atoms with E-state index >= 15 is 0 Å². The average molecular weight is 449 g/mol. The Hall–Kier alpha value is -3.85. The number of aryl methyl sites for hydroxylation is 2. The van der Waals surface area contributed by atoms with Crippen LogP contribution < -0.4 is 25.1 Å². The number of carbonyl (C=O) groups excluding carboxylic acids is 1. The molecule has 32 heavy (non-hydrogen) atoms. The minimum absolute atomic E-state index is 0.0959. The first-order valence-electron chi connectivity index (χ1n) is 9.89. The number of rotatable bonds is 5. The van der Waals surface area contributed by atoms with Crippen LogP contribution in [0.3, 0.4) is 0 Å². The third-order valence-corrected chi connectivity index (χ3v) is 5.83. The molecule has 5 rings (SSSR count). The average Bonchev–Trinajstić information content (AvgIpc) is 3.38. The highest BCUT2D eigenvalue weighted by molar-refractivity contribution is 7.16. The molecular weight excluding hydrogens is 430 g/mol. The van der Waals surface area contributed by atoms with E-state index < -0.39 is 0 Å². The fraction of sp³-hybridized carbons (Fsp3) is 0.174. The molecule has 1 N–H and O–H groups in total. The van der Waals surface area contributed by atoms with Crippen molar-refractivity contribution in [1.82, 2.24) is 9.38 Å². The van der Waals surface area contributed by atoms with Gasteiger partial charge in [-0.2, -0.15) is 0 Å². The van der Waals surface area contributed by atoms with Crippen molar-refractivity contribution >= 4 is 27.9 Å². The van der Waals surface area contributed by atoms with Crippen LogP contribution in [0, 0.1) is 13.8 Å². The third kappa shape index (κ3) is 3.90. The van der Waals surface area contributed by atoms with E-state index in [0.717, 1.165) is 10.4 Å². The van der Waals surface area contributed by atoms with Crippen LogP contribution in [0.5, 0.6) is 17.2 Å². The highest BCUT2D eigenvalue weighted by Gasteiger charge is 2.17. The summed E-state index contributed by atoms with van der Waals surface area (Å²) < 4.78 is 18.1. The molecule has 2 aromatic carbocycles. The van der Waals surface area contributed by atoms with Gasteiger partial charge < -0.3 is 19.5 Å². The van der Waals surface area contributed by atoms with E-state index in [-0.39, 0.29) is 24.9 Å². The Balaban J connectivity index is 1.36. The summed E-state index contributed by atoms with van der Waals surface area (Å²) in [4.78, 5) is 31.3. The standard InChI is InChI=1S/C23H19N3O5S/c1-13-3-5-18(29-11-16-9-21(27)26-10-14(2)32-23(26)24-16)17(7-13)25-22(28)15-4-6-19-20(8-15)31-12-30-19/h3-10H,11-12H2,1-2H3,(H,25,28). The lowest BCUT2D eigenvalue weighted by molar-refractivity contribution is 0.102. The fourth-order valence-corrected chi connectivity index (χ4v) is 4.23. The highest BCUT2D eigenvalue weighted by Crippen LogP contribution is 2.33. The SMILES string of the molecule is Cc1ccc(OCc2cc(=O)n3cc(C)sc3n2)c(NC(=O)c2ccc3c(c2)OCO3)c1. The van der Waals surface area contributed by atoms with Gasteiger partial charge in [0, 0.05) is 22.7 Å². The Labute approximate surface area is 187 Å². The number of benzene rings is 2. The molecule has 3 heterocycles. The van der Waals surface area contributed by atoms with Crippen LogP contribution in [0.25, 0.3) is 4.96 Å². The van der Waals surface area contributed by atoms with Crippen LogP contribution >= 0.6 is 11.3 Å². The van der Waals surface area contributed by atoms with Gasteiger partial charge in [-0.25, -0.2) is 4.98 Å². The van der Waals surface area contributed by atoms with Crippen molar-refractivity contribution in [3.05, 3.63) is 80.7 Å². The minimum atomic E-state index is -0.300. The Bertz CT molecular complexity index is 1410. The lowest BCUT2D eigenvalue weighted by Crippen LogP contribution is -2.15. The number of carbonyl (C=O) groups is 1. The fourth-order valence-electron chi connectivity index (χ4n) is 3.38. The van der Waals surface area contributed by atoms with Crippen LogP contribution in [0.15, 0.2) is 53.5 Å². The molecule has 0 saturated heterocycles. The van der Waals surface area contributed by atoms with Gasteiger partial charge in [-0.1, -0.05) is 6.07 Å². The molecule has 0 aliphatic carbocycles. The summed E-state index contributed by atoms with van der Waals surface area (Å²) in [7, 11) is 0. The van der Waals surface area contributed by atoms with Crippen molar-refractivity contribution in [3.63, 3.8) is 0 Å². The molecule has 2 aromatic heterocycles. The summed E-state index contributed by atoms with van der Waals surface area (Å²) in [5.74, 6) is 1.33. The van der Waals surface area contributed by atoms with Gasteiger partial charge in [0.25, 0.3) is 11.5 Å². The molecule has 0 atom stereocenters. The number of hydrogen-bond acceptors (Lipinski definition) is 7. The minimum Gasteiger partial charge on any atom is -0.485 e. The largest absolute Gasteiger partial charge is 0.485 e. The Kier molecular flexibility index (Phi) is 5.02. The van der Waals surface area contributed by atoms with Crippen LogP contribution in [0.2, 0.25) is 0 Å². The van der Waals surface area contributed by atoms with Crippen LogP contribution in [0.4, 0.5) is 5.69 Å². The van der Waals surface area contributed by atoms with Gasteiger partial charge in [0.05, 0.1) is 11.4 Å². The molecule has 0 bridgehead atoms. The van der Waals surface area contributed by atoms with Crippen molar-refractivity contribution in [3.8, 4) is 17.2 Å². The van der Waals surface area contributed by atoms with Gasteiger partial charge in [-0.3, -0.25) is 14.0 Å². The molecule has 0 unspecified atom stereocenters. The smallest absolute Gasteiger partial charge is 0.258 e. The van der Waals surface area contributed by atoms with Gasteiger partial charge in [-0.15, -0.1) is 11.3 Å². The van der Waals surface area contributed by atoms with Crippen LogP contribution in [-0.4, -0.2) is 22.1 Å². The lowest BCUT2D eigenvalue weighted by Gasteiger charge is -2.13. The zero-order valence-corrected chi connectivity index (χ0v) is 18.2. The van der Waals surface area contributed by atoms with Gasteiger partial charge in [0.1, 0.15) is 12.4 Å². The molecule has 1 amide bonds. The van der Waals surface area contributed by atoms with Crippen molar-refractivity contribution in [2.75, 3.05) is 12.1 Å². The molecule has 1 aliphatic heterocycles. The first-order chi connectivity index (χ1) is 15.5. The zero-order chi connectivity index (χ0) is 22.2. The van der Waals surface area contributed by atoms with Crippen LogP contribution in [0.1, 0.15) is 26.5 Å². The van der Waals surface area contributed by atoms with Crippen molar-refractivity contribution in [1.29, 1.82) is 0 Å². The first-order valence-corrected chi connectivity index (χ1v) is 10.7. The molecule has 1 aliphatic rings. The number of nitrogens with one attached hydrogen (secondary N) is 1. The second-order valence-corrected chi connectivity index (χ2v) is 8.60. The van der Waals surface area contributed by atoms with E-state index in [1.807, 2.05) is 26.0 Å². The summed E-state index contributed by atoms with van der Waals surface area (Å²) >= 11 is 1.44. The van der Waals surface area contributed by atoms with E-state index in [1.54, 1.807) is 30.5 Å². The highest BCUT2D eigenvalue weighted by atomic mass is 32.1. The molecule has 162 valence electrons. The normalized spacial score (nSPS) is 12.2. The molecule has 4 aromatic rings. The molecule has 0 radical (unpaired) electrons. The predicted octanol–water partition coefficient (Wildman–Crippen LogP) is 3.93. The number of ether oxygens (including phenoxy) is 3. The number of anilines is 1. The summed E-state index contributed by atoms with van der Waals surface area (Å²) in [5.41, 5.74) is 2.29. The monoisotopic (exact) mass is 449 g/mol. The quantitative estimate of drug-likeness (QED) is 0.496. The van der Waals surface area contributed by atoms with Gasteiger partial charge in [0.2, 0.25) is 6.79 Å². The maximum Gasteiger partial charge on any atom is 0.258 e. The van der Waals surface area contributed by atoms with E-state index in [0.29, 0.717) is 39.2 Å². The topological polar surface area (TPSA) is 91.2 Å². The number of hydrogen-bond donors (Lipinski definition) is 1. The molecular formula is C23H19N3O5S. The van der Waals surface area contributed by atoms with Gasteiger partial charge in [-0.05, 0) is 49.7 Å². The van der Waals surface area contributed by atoms with Crippen molar-refractivity contribution in [2.24, 2.45) is 0 Å². The summed E-state index contributed by atoms with van der Waals surface area (Å²) in [5, 5.41) is 2.89. The maximum atomic E-state index is 12.8. The number of nitrogens with zero attached hydrogens (tertiary/aromatic N) is 2. The summed E-state index contributed by atoms with van der Waals surface area (Å²) in [6.45, 7) is 4.09. The van der Waals surface area contributed by atoms with Crippen molar-refractivity contribution in [2.45, 2.75) is 20.5 Å². The molecule has 0 spiro atoms. The van der Waals surface area contributed by atoms with Crippen LogP contribution in [-0.2, 0) is 6.61 Å². The third-order valence-electron chi connectivity index (χ3n) is 4.93. The number of aromatic nitrogens is 2. The van der Waals surface area contributed by atoms with E-state index in [9.17, 15) is 9.59 Å². The van der Waals surface area contributed by atoms with Gasteiger partial charge in [0.15, 0.2) is 16.5 Å². The summed E-state index contributed by atoms with van der Waals surface area (Å²) in [6.07, 6.45) is 1.77. The number of thiazole rings is 1. The van der Waals surface area contributed by atoms with E-state index in [1.165, 1.54) is 21.8 Å². The Morgan fingerprint density at radius 2 is 2.00 bits per heavy atom. The zero-order valence-electron chi connectivity index (χ0n) is 17.4. The first kappa shape index (κ1) is 20.1. The molecule has 9 heteroatoms. The van der Waals surface area contributed by atoms with Gasteiger partial charge >= 0.3 is 0 Å². The van der Waals surface area contributed by atoms with E-state index in [2.05, 4.69) is 10.3 Å². The second kappa shape index (κ2) is 8.01. The maximum absolute atomic E-state index is 12.8. The predicted molar refractivity (Wildman–Crippen MR) is 120 cm³/mol. The van der Waals surface area contributed by atoms with Crippen molar-refractivity contribution < 1.29 is 19.0 Å². The lowest BCUT2D eigenvalue weighted by atomic mass is 10.1. The second-order valence-electron chi connectivity index (χ2n) is 7.39. The Morgan fingerprint density at radius 3 is 2.88 bits per heavy atom. The molecule has 8 nitrogen and oxygen atoms in total. The van der Waals surface area contributed by atoms with E-state index in [4.69, 9.17) is 14.2 Å². The molecule has 0 saturated carbocycles. The molecule has 0 fully saturated rings.